The number of hydrogen-bond acceptors (Lipinski definition) is 4. The van der Waals surface area contributed by atoms with Gasteiger partial charge in [-0.25, -0.2) is 0 Å². The Morgan fingerprint density at radius 3 is 2.38 bits per heavy atom. The summed E-state index contributed by atoms with van der Waals surface area (Å²) in [6, 6.07) is 7.03. The van der Waals surface area contributed by atoms with E-state index in [1.807, 2.05) is 19.1 Å². The van der Waals surface area contributed by atoms with Crippen molar-refractivity contribution in [3.63, 3.8) is 0 Å². The Kier molecular flexibility index (Phi) is 7.63. The summed E-state index contributed by atoms with van der Waals surface area (Å²) in [7, 11) is 0. The van der Waals surface area contributed by atoms with E-state index in [0.717, 1.165) is 18.4 Å². The Morgan fingerprint density at radius 2 is 1.73 bits per heavy atom. The number of carbonyl (C=O) groups is 3. The fraction of sp³-hybridized carbons (Fsp3) is 0.550. The lowest BCUT2D eigenvalue weighted by molar-refractivity contribution is -0.153. The number of nitrogens with one attached hydrogen (secondary N) is 2. The van der Waals surface area contributed by atoms with Gasteiger partial charge in [0.2, 0.25) is 0 Å². The Balaban J connectivity index is 1.68. The van der Waals surface area contributed by atoms with E-state index in [-0.39, 0.29) is 18.4 Å². The maximum atomic E-state index is 12.0. The molecule has 1 unspecified atom stereocenters. The molecule has 0 bridgehead atoms. The van der Waals surface area contributed by atoms with Crippen molar-refractivity contribution in [1.82, 2.24) is 10.6 Å². The van der Waals surface area contributed by atoms with Crippen molar-refractivity contribution >= 4 is 17.8 Å². The van der Waals surface area contributed by atoms with Crippen LogP contribution in [0.2, 0.25) is 0 Å². The van der Waals surface area contributed by atoms with Crippen LogP contribution in [0.5, 0.6) is 0 Å². The van der Waals surface area contributed by atoms with Gasteiger partial charge in [-0.1, -0.05) is 37.0 Å². The first kappa shape index (κ1) is 19.9. The monoisotopic (exact) mass is 360 g/mol. The SMILES string of the molecule is Cc1ccc(C(=O)NCC(=O)OC(C)C(=O)NCC2CCCCC2)cc1. The Morgan fingerprint density at radius 1 is 1.08 bits per heavy atom. The fourth-order valence-electron chi connectivity index (χ4n) is 3.03. The summed E-state index contributed by atoms with van der Waals surface area (Å²) in [6.45, 7) is 3.83. The lowest BCUT2D eigenvalue weighted by Gasteiger charge is -2.22. The van der Waals surface area contributed by atoms with Gasteiger partial charge in [0.15, 0.2) is 6.10 Å². The van der Waals surface area contributed by atoms with Crippen molar-refractivity contribution in [1.29, 1.82) is 0 Å². The van der Waals surface area contributed by atoms with Crippen molar-refractivity contribution in [2.24, 2.45) is 5.92 Å². The van der Waals surface area contributed by atoms with Crippen LogP contribution < -0.4 is 10.6 Å². The normalized spacial score (nSPS) is 15.8. The van der Waals surface area contributed by atoms with Crippen LogP contribution in [0.25, 0.3) is 0 Å². The average Bonchev–Trinajstić information content (AvgIpc) is 2.65. The van der Waals surface area contributed by atoms with Crippen molar-refractivity contribution in [3.05, 3.63) is 35.4 Å². The van der Waals surface area contributed by atoms with Crippen LogP contribution in [-0.4, -0.2) is 37.0 Å². The summed E-state index contributed by atoms with van der Waals surface area (Å²) in [5.74, 6) is -0.764. The standard InChI is InChI=1S/C20H28N2O4/c1-14-8-10-17(11-9-14)20(25)22-13-18(23)26-15(2)19(24)21-12-16-6-4-3-5-7-16/h8-11,15-16H,3-7,12-13H2,1-2H3,(H,21,24)(H,22,25). The second kappa shape index (κ2) is 9.94. The number of rotatable bonds is 7. The molecule has 0 aliphatic heterocycles. The molecule has 0 aromatic heterocycles. The van der Waals surface area contributed by atoms with E-state index in [0.29, 0.717) is 18.0 Å². The minimum atomic E-state index is -0.873. The number of amides is 2. The first-order valence-electron chi connectivity index (χ1n) is 9.27. The highest BCUT2D eigenvalue weighted by atomic mass is 16.5. The number of hydrogen-bond donors (Lipinski definition) is 2. The van der Waals surface area contributed by atoms with E-state index in [9.17, 15) is 14.4 Å². The second-order valence-electron chi connectivity index (χ2n) is 6.93. The van der Waals surface area contributed by atoms with Crippen molar-refractivity contribution in [2.75, 3.05) is 13.1 Å². The molecule has 1 aliphatic rings. The number of benzene rings is 1. The molecule has 1 fully saturated rings. The minimum Gasteiger partial charge on any atom is -0.451 e. The van der Waals surface area contributed by atoms with Crippen LogP contribution in [0, 0.1) is 12.8 Å². The summed E-state index contributed by atoms with van der Waals surface area (Å²) < 4.78 is 5.09. The van der Waals surface area contributed by atoms with Gasteiger partial charge in [-0.15, -0.1) is 0 Å². The van der Waals surface area contributed by atoms with Crippen LogP contribution in [0.15, 0.2) is 24.3 Å². The first-order chi connectivity index (χ1) is 12.5. The lowest BCUT2D eigenvalue weighted by Crippen LogP contribution is -2.40. The van der Waals surface area contributed by atoms with Crippen molar-refractivity contribution in [3.8, 4) is 0 Å². The molecular weight excluding hydrogens is 332 g/mol. The van der Waals surface area contributed by atoms with E-state index < -0.39 is 12.1 Å². The quantitative estimate of drug-likeness (QED) is 0.731. The fourth-order valence-corrected chi connectivity index (χ4v) is 3.03. The van der Waals surface area contributed by atoms with Gasteiger partial charge in [0, 0.05) is 12.1 Å². The van der Waals surface area contributed by atoms with Gasteiger partial charge in [-0.3, -0.25) is 14.4 Å². The molecule has 6 heteroatoms. The summed E-state index contributed by atoms with van der Waals surface area (Å²) >= 11 is 0. The highest BCUT2D eigenvalue weighted by Gasteiger charge is 2.20. The van der Waals surface area contributed by atoms with Crippen LogP contribution in [0.3, 0.4) is 0 Å². The van der Waals surface area contributed by atoms with Crippen LogP contribution >= 0.6 is 0 Å². The largest absolute Gasteiger partial charge is 0.451 e. The molecule has 1 aromatic carbocycles. The predicted molar refractivity (Wildman–Crippen MR) is 98.7 cm³/mol. The van der Waals surface area contributed by atoms with E-state index >= 15 is 0 Å². The molecule has 1 atom stereocenters. The molecule has 1 aliphatic carbocycles. The molecule has 2 N–H and O–H groups in total. The zero-order valence-corrected chi connectivity index (χ0v) is 15.5. The Bertz CT molecular complexity index is 621. The molecule has 2 amide bonds. The van der Waals surface area contributed by atoms with Gasteiger partial charge in [0.25, 0.3) is 11.8 Å². The molecule has 6 nitrogen and oxygen atoms in total. The number of ether oxygens (including phenoxy) is 1. The average molecular weight is 360 g/mol. The molecule has 0 saturated heterocycles. The van der Waals surface area contributed by atoms with Gasteiger partial charge in [-0.05, 0) is 44.7 Å². The lowest BCUT2D eigenvalue weighted by atomic mass is 9.89. The Hall–Kier alpha value is -2.37. The van der Waals surface area contributed by atoms with Crippen LogP contribution in [0.4, 0.5) is 0 Å². The number of esters is 1. The predicted octanol–water partition coefficient (Wildman–Crippen LogP) is 2.35. The van der Waals surface area contributed by atoms with E-state index in [2.05, 4.69) is 10.6 Å². The van der Waals surface area contributed by atoms with Gasteiger partial charge < -0.3 is 15.4 Å². The summed E-state index contributed by atoms with van der Waals surface area (Å²) in [5, 5.41) is 5.35. The Labute approximate surface area is 154 Å². The summed E-state index contributed by atoms with van der Waals surface area (Å²) in [6.07, 6.45) is 5.10. The summed E-state index contributed by atoms with van der Waals surface area (Å²) in [4.78, 5) is 35.8. The van der Waals surface area contributed by atoms with Crippen molar-refractivity contribution < 1.29 is 19.1 Å². The first-order valence-corrected chi connectivity index (χ1v) is 9.27. The van der Waals surface area contributed by atoms with Crippen LogP contribution in [0.1, 0.15) is 54.9 Å². The van der Waals surface area contributed by atoms with Gasteiger partial charge in [-0.2, -0.15) is 0 Å². The second-order valence-corrected chi connectivity index (χ2v) is 6.93. The highest BCUT2D eigenvalue weighted by molar-refractivity contribution is 5.96. The third kappa shape index (κ3) is 6.50. The van der Waals surface area contributed by atoms with Gasteiger partial charge in [0.1, 0.15) is 6.54 Å². The molecule has 1 saturated carbocycles. The van der Waals surface area contributed by atoms with E-state index in [1.165, 1.54) is 26.2 Å². The molecule has 0 heterocycles. The molecule has 0 radical (unpaired) electrons. The zero-order valence-electron chi connectivity index (χ0n) is 15.5. The topological polar surface area (TPSA) is 84.5 Å². The maximum absolute atomic E-state index is 12.0. The molecule has 2 rings (SSSR count). The molecule has 26 heavy (non-hydrogen) atoms. The van der Waals surface area contributed by atoms with Gasteiger partial charge >= 0.3 is 5.97 Å². The molecule has 142 valence electrons. The third-order valence-corrected chi connectivity index (χ3v) is 4.67. The van der Waals surface area contributed by atoms with Crippen molar-refractivity contribution in [2.45, 2.75) is 52.1 Å². The molecule has 1 aromatic rings. The highest BCUT2D eigenvalue weighted by Crippen LogP contribution is 2.22. The molecule has 0 spiro atoms. The van der Waals surface area contributed by atoms with Crippen LogP contribution in [-0.2, 0) is 14.3 Å². The zero-order chi connectivity index (χ0) is 18.9. The smallest absolute Gasteiger partial charge is 0.326 e. The van der Waals surface area contributed by atoms with E-state index in [4.69, 9.17) is 4.74 Å². The minimum absolute atomic E-state index is 0.271. The van der Waals surface area contributed by atoms with Gasteiger partial charge in [0.05, 0.1) is 0 Å². The third-order valence-electron chi connectivity index (χ3n) is 4.67. The maximum Gasteiger partial charge on any atom is 0.326 e. The number of aryl methyl sites for hydroxylation is 1. The molecular formula is C20H28N2O4. The van der Waals surface area contributed by atoms with E-state index in [1.54, 1.807) is 12.1 Å². The summed E-state index contributed by atoms with van der Waals surface area (Å²) in [5.41, 5.74) is 1.52. The number of carbonyl (C=O) groups excluding carboxylic acids is 3.